The van der Waals surface area contributed by atoms with Crippen LogP contribution < -0.4 is 4.74 Å². The molecule has 1 atom stereocenters. The lowest BCUT2D eigenvalue weighted by atomic mass is 10.1. The molecule has 0 spiro atoms. The number of hydrogen-bond donors (Lipinski definition) is 0. The average molecular weight is 279 g/mol. The third kappa shape index (κ3) is 3.71. The molecular formula is C15H21NO4. The quantitative estimate of drug-likeness (QED) is 0.810. The van der Waals surface area contributed by atoms with Crippen molar-refractivity contribution in [3.05, 3.63) is 29.8 Å². The van der Waals surface area contributed by atoms with Crippen LogP contribution in [0.4, 0.5) is 0 Å². The zero-order valence-corrected chi connectivity index (χ0v) is 12.0. The lowest BCUT2D eigenvalue weighted by Crippen LogP contribution is -2.51. The zero-order chi connectivity index (χ0) is 14.4. The fraction of sp³-hybridized carbons (Fsp3) is 0.533. The molecule has 1 heterocycles. The van der Waals surface area contributed by atoms with E-state index in [1.54, 1.807) is 14.2 Å². The Morgan fingerprint density at radius 3 is 3.05 bits per heavy atom. The van der Waals surface area contributed by atoms with Crippen molar-refractivity contribution < 1.29 is 19.0 Å². The average Bonchev–Trinajstić information content (AvgIpc) is 2.48. The Morgan fingerprint density at radius 2 is 2.30 bits per heavy atom. The van der Waals surface area contributed by atoms with Crippen LogP contribution in [0.25, 0.3) is 0 Å². The number of hydrogen-bond acceptors (Lipinski definition) is 4. The van der Waals surface area contributed by atoms with Gasteiger partial charge in [-0.1, -0.05) is 12.1 Å². The first-order valence-corrected chi connectivity index (χ1v) is 6.73. The molecule has 1 unspecified atom stereocenters. The van der Waals surface area contributed by atoms with E-state index in [2.05, 4.69) is 0 Å². The predicted octanol–water partition coefficient (Wildman–Crippen LogP) is 1.11. The second kappa shape index (κ2) is 7.26. The molecule has 0 bridgehead atoms. The lowest BCUT2D eigenvalue weighted by Gasteiger charge is -2.35. The molecule has 2 rings (SSSR count). The molecule has 0 radical (unpaired) electrons. The zero-order valence-electron chi connectivity index (χ0n) is 12.0. The number of carbonyl (C=O) groups is 1. The standard InChI is InChI=1S/C15H21NO4/c1-18-10-13-11-20-7-6-16(13)15(17)9-12-4-3-5-14(8-12)19-2/h3-5,8,13H,6-7,9-11H2,1-2H3. The topological polar surface area (TPSA) is 48.0 Å². The Hall–Kier alpha value is -1.59. The highest BCUT2D eigenvalue weighted by atomic mass is 16.5. The predicted molar refractivity (Wildman–Crippen MR) is 74.9 cm³/mol. The Kier molecular flexibility index (Phi) is 5.38. The maximum absolute atomic E-state index is 12.4. The molecule has 1 fully saturated rings. The monoisotopic (exact) mass is 279 g/mol. The molecule has 5 heteroatoms. The van der Waals surface area contributed by atoms with Crippen molar-refractivity contribution in [2.45, 2.75) is 12.5 Å². The highest BCUT2D eigenvalue weighted by Crippen LogP contribution is 2.15. The molecular weight excluding hydrogens is 258 g/mol. The van der Waals surface area contributed by atoms with Crippen molar-refractivity contribution in [2.24, 2.45) is 0 Å². The van der Waals surface area contributed by atoms with Gasteiger partial charge in [0.2, 0.25) is 5.91 Å². The molecule has 1 aliphatic heterocycles. The Morgan fingerprint density at radius 1 is 1.45 bits per heavy atom. The van der Waals surface area contributed by atoms with Crippen molar-refractivity contribution in [2.75, 3.05) is 40.6 Å². The summed E-state index contributed by atoms with van der Waals surface area (Å²) >= 11 is 0. The molecule has 1 aromatic rings. The van der Waals surface area contributed by atoms with E-state index in [1.807, 2.05) is 29.2 Å². The summed E-state index contributed by atoms with van der Waals surface area (Å²) in [6.45, 7) is 2.25. The lowest BCUT2D eigenvalue weighted by molar-refractivity contribution is -0.141. The summed E-state index contributed by atoms with van der Waals surface area (Å²) < 4.78 is 15.7. The summed E-state index contributed by atoms with van der Waals surface area (Å²) in [5.41, 5.74) is 0.956. The van der Waals surface area contributed by atoms with Crippen molar-refractivity contribution in [3.63, 3.8) is 0 Å². The Labute approximate surface area is 119 Å². The summed E-state index contributed by atoms with van der Waals surface area (Å²) in [6, 6.07) is 7.60. The smallest absolute Gasteiger partial charge is 0.227 e. The van der Waals surface area contributed by atoms with E-state index in [9.17, 15) is 4.79 Å². The van der Waals surface area contributed by atoms with Gasteiger partial charge in [-0.05, 0) is 17.7 Å². The molecule has 0 saturated carbocycles. The van der Waals surface area contributed by atoms with Gasteiger partial charge in [0.05, 0.1) is 39.4 Å². The van der Waals surface area contributed by atoms with E-state index >= 15 is 0 Å². The minimum absolute atomic E-state index is 0.00635. The molecule has 1 aromatic carbocycles. The van der Waals surface area contributed by atoms with Gasteiger partial charge in [-0.25, -0.2) is 0 Å². The van der Waals surface area contributed by atoms with Gasteiger partial charge in [-0.15, -0.1) is 0 Å². The number of amides is 1. The van der Waals surface area contributed by atoms with E-state index in [4.69, 9.17) is 14.2 Å². The number of benzene rings is 1. The number of morpholine rings is 1. The third-order valence-corrected chi connectivity index (χ3v) is 3.40. The SMILES string of the molecule is COCC1COCCN1C(=O)Cc1cccc(OC)c1. The summed E-state index contributed by atoms with van der Waals surface area (Å²) in [5.74, 6) is 0.870. The summed E-state index contributed by atoms with van der Waals surface area (Å²) in [6.07, 6.45) is 0.372. The second-order valence-electron chi connectivity index (χ2n) is 4.80. The summed E-state index contributed by atoms with van der Waals surface area (Å²) in [7, 11) is 3.26. The highest BCUT2D eigenvalue weighted by molar-refractivity contribution is 5.79. The normalized spacial score (nSPS) is 18.9. The van der Waals surface area contributed by atoms with Gasteiger partial charge in [0.25, 0.3) is 0 Å². The van der Waals surface area contributed by atoms with Crippen LogP contribution in [0.1, 0.15) is 5.56 Å². The molecule has 5 nitrogen and oxygen atoms in total. The molecule has 110 valence electrons. The minimum Gasteiger partial charge on any atom is -0.497 e. The van der Waals surface area contributed by atoms with Crippen LogP contribution in [0.5, 0.6) is 5.75 Å². The van der Waals surface area contributed by atoms with Crippen molar-refractivity contribution >= 4 is 5.91 Å². The number of rotatable bonds is 5. The fourth-order valence-corrected chi connectivity index (χ4v) is 2.37. The van der Waals surface area contributed by atoms with E-state index in [0.717, 1.165) is 11.3 Å². The first kappa shape index (κ1) is 14.8. The van der Waals surface area contributed by atoms with E-state index in [0.29, 0.717) is 32.8 Å². The first-order chi connectivity index (χ1) is 9.74. The van der Waals surface area contributed by atoms with Gasteiger partial charge >= 0.3 is 0 Å². The van der Waals surface area contributed by atoms with Crippen LogP contribution in [0, 0.1) is 0 Å². The van der Waals surface area contributed by atoms with Gasteiger partial charge in [-0.2, -0.15) is 0 Å². The molecule has 0 aliphatic carbocycles. The molecule has 1 amide bonds. The number of methoxy groups -OCH3 is 2. The fourth-order valence-electron chi connectivity index (χ4n) is 2.37. The molecule has 1 saturated heterocycles. The van der Waals surface area contributed by atoms with E-state index in [-0.39, 0.29) is 11.9 Å². The van der Waals surface area contributed by atoms with Crippen LogP contribution in [0.15, 0.2) is 24.3 Å². The van der Waals surface area contributed by atoms with Crippen LogP contribution in [0.2, 0.25) is 0 Å². The second-order valence-corrected chi connectivity index (χ2v) is 4.80. The largest absolute Gasteiger partial charge is 0.497 e. The Balaban J connectivity index is 2.01. The van der Waals surface area contributed by atoms with Crippen molar-refractivity contribution in [3.8, 4) is 5.75 Å². The number of ether oxygens (including phenoxy) is 3. The highest BCUT2D eigenvalue weighted by Gasteiger charge is 2.27. The van der Waals surface area contributed by atoms with Gasteiger partial charge in [0.1, 0.15) is 5.75 Å². The van der Waals surface area contributed by atoms with Gasteiger partial charge in [0, 0.05) is 13.7 Å². The van der Waals surface area contributed by atoms with Crippen molar-refractivity contribution in [1.29, 1.82) is 0 Å². The van der Waals surface area contributed by atoms with E-state index < -0.39 is 0 Å². The molecule has 1 aliphatic rings. The maximum Gasteiger partial charge on any atom is 0.227 e. The summed E-state index contributed by atoms with van der Waals surface area (Å²) in [4.78, 5) is 14.3. The van der Waals surface area contributed by atoms with Crippen LogP contribution in [-0.2, 0) is 20.7 Å². The van der Waals surface area contributed by atoms with E-state index in [1.165, 1.54) is 0 Å². The molecule has 0 N–H and O–H groups in total. The summed E-state index contributed by atoms with van der Waals surface area (Å²) in [5, 5.41) is 0. The molecule has 20 heavy (non-hydrogen) atoms. The minimum atomic E-state index is 0.00635. The number of carbonyl (C=O) groups excluding carboxylic acids is 1. The first-order valence-electron chi connectivity index (χ1n) is 6.73. The van der Waals surface area contributed by atoms with Crippen LogP contribution in [0.3, 0.4) is 0 Å². The molecule has 0 aromatic heterocycles. The maximum atomic E-state index is 12.4. The van der Waals surface area contributed by atoms with Gasteiger partial charge in [0.15, 0.2) is 0 Å². The Bertz CT molecular complexity index is 447. The van der Waals surface area contributed by atoms with Gasteiger partial charge in [-0.3, -0.25) is 4.79 Å². The van der Waals surface area contributed by atoms with Crippen LogP contribution >= 0.6 is 0 Å². The number of nitrogens with zero attached hydrogens (tertiary/aromatic N) is 1. The van der Waals surface area contributed by atoms with Crippen molar-refractivity contribution in [1.82, 2.24) is 4.90 Å². The third-order valence-electron chi connectivity index (χ3n) is 3.40. The van der Waals surface area contributed by atoms with Crippen LogP contribution in [-0.4, -0.2) is 57.4 Å². The van der Waals surface area contributed by atoms with Gasteiger partial charge < -0.3 is 19.1 Å².